The van der Waals surface area contributed by atoms with Gasteiger partial charge in [-0.2, -0.15) is 5.10 Å². The van der Waals surface area contributed by atoms with Crippen LogP contribution in [0.25, 0.3) is 5.69 Å². The summed E-state index contributed by atoms with van der Waals surface area (Å²) in [6, 6.07) is 5.15. The number of aromatic nitrogens is 3. The molecular weight excluding hydrogens is 382 g/mol. The van der Waals surface area contributed by atoms with Crippen molar-refractivity contribution in [2.45, 2.75) is 18.8 Å². The third kappa shape index (κ3) is 3.78. The molecule has 29 heavy (non-hydrogen) atoms. The lowest BCUT2D eigenvalue weighted by molar-refractivity contribution is -0.0495. The molecule has 152 valence electrons. The Morgan fingerprint density at radius 2 is 2.10 bits per heavy atom. The molecule has 0 atom stereocenters. The van der Waals surface area contributed by atoms with Crippen LogP contribution in [-0.2, 0) is 4.74 Å². The van der Waals surface area contributed by atoms with Crippen molar-refractivity contribution < 1.29 is 18.3 Å². The summed E-state index contributed by atoms with van der Waals surface area (Å²) < 4.78 is 33.9. The number of carbonyl (C=O) groups excluding carboxylic acids is 1. The number of hydrazine groups is 1. The SMILES string of the molecule is COC1=CC=CNN1c1cc(C(=O)N2CCC(F)(F)CC2)nn1-c1cccnc1. The molecule has 8 nitrogen and oxygen atoms in total. The van der Waals surface area contributed by atoms with Crippen LogP contribution in [0.15, 0.2) is 54.8 Å². The molecule has 10 heteroatoms. The van der Waals surface area contributed by atoms with Gasteiger partial charge in [0.25, 0.3) is 11.8 Å². The van der Waals surface area contributed by atoms with Crippen molar-refractivity contribution in [1.29, 1.82) is 0 Å². The van der Waals surface area contributed by atoms with E-state index in [4.69, 9.17) is 4.74 Å². The average Bonchev–Trinajstić information content (AvgIpc) is 3.19. The number of halogens is 2. The first-order chi connectivity index (χ1) is 14.0. The second-order valence-corrected chi connectivity index (χ2v) is 6.69. The van der Waals surface area contributed by atoms with Crippen molar-refractivity contribution in [2.24, 2.45) is 0 Å². The largest absolute Gasteiger partial charge is 0.481 e. The number of amides is 1. The molecule has 0 saturated carbocycles. The fourth-order valence-corrected chi connectivity index (χ4v) is 3.23. The van der Waals surface area contributed by atoms with E-state index >= 15 is 0 Å². The Morgan fingerprint density at radius 3 is 2.79 bits per heavy atom. The summed E-state index contributed by atoms with van der Waals surface area (Å²) >= 11 is 0. The molecule has 2 aromatic heterocycles. The number of piperidine rings is 1. The monoisotopic (exact) mass is 402 g/mol. The first-order valence-electron chi connectivity index (χ1n) is 9.13. The van der Waals surface area contributed by atoms with Crippen molar-refractivity contribution >= 4 is 11.7 Å². The fraction of sp³-hybridized carbons (Fsp3) is 0.316. The standard InChI is InChI=1S/C19H20F2N6O2/c1-29-17-5-3-9-23-27(17)16-12-15(24-26(16)14-4-2-8-22-13-14)18(28)25-10-6-19(20,21)7-11-25/h2-5,8-9,12-13,23H,6-7,10-11H2,1H3. The number of alkyl halides is 2. The highest BCUT2D eigenvalue weighted by molar-refractivity contribution is 5.93. The van der Waals surface area contributed by atoms with Crippen LogP contribution < -0.4 is 10.4 Å². The summed E-state index contributed by atoms with van der Waals surface area (Å²) in [4.78, 5) is 18.5. The Balaban J connectivity index is 1.70. The van der Waals surface area contributed by atoms with E-state index in [9.17, 15) is 13.6 Å². The summed E-state index contributed by atoms with van der Waals surface area (Å²) in [5.41, 5.74) is 3.83. The first kappa shape index (κ1) is 18.9. The van der Waals surface area contributed by atoms with Gasteiger partial charge in [-0.3, -0.25) is 15.2 Å². The zero-order valence-corrected chi connectivity index (χ0v) is 15.8. The van der Waals surface area contributed by atoms with Gasteiger partial charge in [0.1, 0.15) is 0 Å². The molecule has 2 aliphatic heterocycles. The van der Waals surface area contributed by atoms with Crippen molar-refractivity contribution in [2.75, 3.05) is 25.2 Å². The molecule has 0 spiro atoms. The van der Waals surface area contributed by atoms with E-state index in [1.807, 2.05) is 0 Å². The molecule has 0 radical (unpaired) electrons. The van der Waals surface area contributed by atoms with Gasteiger partial charge in [0.15, 0.2) is 11.5 Å². The summed E-state index contributed by atoms with van der Waals surface area (Å²) in [6.45, 7) is -0.0102. The highest BCUT2D eigenvalue weighted by Crippen LogP contribution is 2.29. The number of nitrogens with one attached hydrogen (secondary N) is 1. The van der Waals surface area contributed by atoms with E-state index in [0.29, 0.717) is 17.4 Å². The molecule has 0 bridgehead atoms. The van der Waals surface area contributed by atoms with Gasteiger partial charge in [-0.1, -0.05) is 0 Å². The maximum absolute atomic E-state index is 13.5. The highest BCUT2D eigenvalue weighted by Gasteiger charge is 2.36. The Bertz CT molecular complexity index is 947. The minimum absolute atomic E-state index is 0.00511. The lowest BCUT2D eigenvalue weighted by Gasteiger charge is -2.31. The lowest BCUT2D eigenvalue weighted by Crippen LogP contribution is -2.42. The summed E-state index contributed by atoms with van der Waals surface area (Å²) in [5, 5.41) is 6.07. The number of pyridine rings is 1. The smallest absolute Gasteiger partial charge is 0.274 e. The molecule has 2 aromatic rings. The predicted molar refractivity (Wildman–Crippen MR) is 101 cm³/mol. The number of allylic oxidation sites excluding steroid dienone is 2. The van der Waals surface area contributed by atoms with Crippen LogP contribution in [0.3, 0.4) is 0 Å². The minimum atomic E-state index is -2.72. The number of hydrogen-bond acceptors (Lipinski definition) is 6. The molecular formula is C19H20F2N6O2. The topological polar surface area (TPSA) is 75.5 Å². The molecule has 0 aromatic carbocycles. The minimum Gasteiger partial charge on any atom is -0.481 e. The molecule has 4 rings (SSSR count). The van der Waals surface area contributed by atoms with Gasteiger partial charge in [0.05, 0.1) is 19.0 Å². The second kappa shape index (κ2) is 7.53. The lowest BCUT2D eigenvalue weighted by atomic mass is 10.1. The maximum atomic E-state index is 13.5. The van der Waals surface area contributed by atoms with Gasteiger partial charge >= 0.3 is 0 Å². The molecule has 0 unspecified atom stereocenters. The van der Waals surface area contributed by atoms with Crippen LogP contribution in [0.1, 0.15) is 23.3 Å². The number of methoxy groups -OCH3 is 1. The number of carbonyl (C=O) groups is 1. The van der Waals surface area contributed by atoms with Crippen molar-refractivity contribution in [1.82, 2.24) is 25.1 Å². The van der Waals surface area contributed by atoms with E-state index in [1.54, 1.807) is 58.6 Å². The van der Waals surface area contributed by atoms with Gasteiger partial charge in [-0.25, -0.2) is 18.5 Å². The molecule has 1 fully saturated rings. The molecule has 0 aliphatic carbocycles. The summed E-state index contributed by atoms with van der Waals surface area (Å²) in [6.07, 6.45) is 7.80. The molecule has 1 amide bonds. The third-order valence-electron chi connectivity index (χ3n) is 4.78. The molecule has 1 N–H and O–H groups in total. The number of nitrogens with zero attached hydrogens (tertiary/aromatic N) is 5. The van der Waals surface area contributed by atoms with Gasteiger partial charge < -0.3 is 9.64 Å². The second-order valence-electron chi connectivity index (χ2n) is 6.69. The molecule has 1 saturated heterocycles. The van der Waals surface area contributed by atoms with Crippen LogP contribution in [-0.4, -0.2) is 51.7 Å². The molecule has 2 aliphatic rings. The number of ether oxygens (including phenoxy) is 1. The number of rotatable bonds is 4. The van der Waals surface area contributed by atoms with E-state index in [2.05, 4.69) is 15.5 Å². The summed E-state index contributed by atoms with van der Waals surface area (Å²) in [5.74, 6) is -2.10. The Labute approximate surface area is 166 Å². The van der Waals surface area contributed by atoms with Crippen LogP contribution in [0.2, 0.25) is 0 Å². The highest BCUT2D eigenvalue weighted by atomic mass is 19.3. The van der Waals surface area contributed by atoms with Crippen molar-refractivity contribution in [3.8, 4) is 5.69 Å². The fourth-order valence-electron chi connectivity index (χ4n) is 3.23. The van der Waals surface area contributed by atoms with Crippen LogP contribution in [0, 0.1) is 0 Å². The van der Waals surface area contributed by atoms with Crippen LogP contribution in [0.4, 0.5) is 14.6 Å². The Hall–Kier alpha value is -3.43. The predicted octanol–water partition coefficient (Wildman–Crippen LogP) is 2.46. The maximum Gasteiger partial charge on any atom is 0.274 e. The number of likely N-dealkylation sites (tertiary alicyclic amines) is 1. The van der Waals surface area contributed by atoms with E-state index in [0.717, 1.165) is 0 Å². The number of anilines is 1. The normalized spacial score (nSPS) is 18.2. The molecule has 4 heterocycles. The van der Waals surface area contributed by atoms with E-state index in [1.165, 1.54) is 12.0 Å². The quantitative estimate of drug-likeness (QED) is 0.847. The zero-order valence-electron chi connectivity index (χ0n) is 15.8. The van der Waals surface area contributed by atoms with Crippen molar-refractivity contribution in [3.63, 3.8) is 0 Å². The first-order valence-corrected chi connectivity index (χ1v) is 9.13. The van der Waals surface area contributed by atoms with Crippen LogP contribution in [0.5, 0.6) is 0 Å². The van der Waals surface area contributed by atoms with Gasteiger partial charge in [-0.15, -0.1) is 0 Å². The zero-order chi connectivity index (χ0) is 20.4. The average molecular weight is 402 g/mol. The van der Waals surface area contributed by atoms with Gasteiger partial charge in [0.2, 0.25) is 5.88 Å². The van der Waals surface area contributed by atoms with E-state index in [-0.39, 0.29) is 37.5 Å². The van der Waals surface area contributed by atoms with Crippen LogP contribution >= 0.6 is 0 Å². The van der Waals surface area contributed by atoms with Gasteiger partial charge in [-0.05, 0) is 18.2 Å². The summed E-state index contributed by atoms with van der Waals surface area (Å²) in [7, 11) is 1.53. The Kier molecular flexibility index (Phi) is 4.91. The third-order valence-corrected chi connectivity index (χ3v) is 4.78. The Morgan fingerprint density at radius 1 is 1.31 bits per heavy atom. The van der Waals surface area contributed by atoms with Crippen molar-refractivity contribution in [3.05, 3.63) is 60.5 Å². The van der Waals surface area contributed by atoms with Gasteiger partial charge in [0, 0.05) is 50.5 Å². The number of hydrogen-bond donors (Lipinski definition) is 1. The van der Waals surface area contributed by atoms with E-state index < -0.39 is 5.92 Å².